The van der Waals surface area contributed by atoms with Crippen LogP contribution < -0.4 is 4.90 Å². The van der Waals surface area contributed by atoms with Gasteiger partial charge in [-0.25, -0.2) is 9.83 Å². The van der Waals surface area contributed by atoms with Gasteiger partial charge in [0.2, 0.25) is 0 Å². The van der Waals surface area contributed by atoms with Gasteiger partial charge < -0.3 is 15.1 Å². The van der Waals surface area contributed by atoms with Crippen LogP contribution >= 0.6 is 11.3 Å². The van der Waals surface area contributed by atoms with Crippen molar-refractivity contribution in [3.63, 3.8) is 0 Å². The highest BCUT2D eigenvalue weighted by molar-refractivity contribution is 7.19. The second kappa shape index (κ2) is 6.35. The Bertz CT molecular complexity index is 745. The highest BCUT2D eigenvalue weighted by Crippen LogP contribution is 2.28. The quantitative estimate of drug-likeness (QED) is 0.653. The summed E-state index contributed by atoms with van der Waals surface area (Å²) in [4.78, 5) is 20.0. The second-order valence-electron chi connectivity index (χ2n) is 4.30. The Morgan fingerprint density at radius 3 is 2.95 bits per heavy atom. The summed E-state index contributed by atoms with van der Waals surface area (Å²) in [5.41, 5.74) is 1.34. The van der Waals surface area contributed by atoms with Crippen molar-refractivity contribution in [2.45, 2.75) is 0 Å². The van der Waals surface area contributed by atoms with E-state index in [0.717, 1.165) is 15.9 Å². The molecule has 0 aliphatic carbocycles. The van der Waals surface area contributed by atoms with Crippen LogP contribution in [0.4, 0.5) is 5.69 Å². The Morgan fingerprint density at radius 2 is 2.33 bits per heavy atom. The molecule has 0 bridgehead atoms. The third-order valence-electron chi connectivity index (χ3n) is 2.86. The number of aliphatic carboxylic acids is 1. The molecule has 1 aromatic heterocycles. The van der Waals surface area contributed by atoms with Gasteiger partial charge in [-0.1, -0.05) is 0 Å². The van der Waals surface area contributed by atoms with Gasteiger partial charge in [0, 0.05) is 19.3 Å². The minimum Gasteiger partial charge on any atom is -0.486 e. The van der Waals surface area contributed by atoms with Crippen LogP contribution in [0.1, 0.15) is 5.01 Å². The molecule has 2 N–H and O–H groups in total. The zero-order chi connectivity index (χ0) is 15.4. The number of aromatic nitrogens is 1. The standard InChI is InChI=1S/C14H13N3O3S/c1-15-11(14(19)20)8-13-16-10-4-3-9(7-12(10)21-13)17(2)5-6-18/h3-4,7-8,18H,5-6H2,2H3,(H,19,20)/b11-8-. The molecule has 2 rings (SSSR count). The van der Waals surface area contributed by atoms with E-state index in [4.69, 9.17) is 16.8 Å². The molecule has 7 heteroatoms. The van der Waals surface area contributed by atoms with Crippen molar-refractivity contribution >= 4 is 39.3 Å². The number of carboxylic acids is 1. The molecule has 0 saturated heterocycles. The van der Waals surface area contributed by atoms with E-state index in [-0.39, 0.29) is 12.3 Å². The molecule has 108 valence electrons. The average Bonchev–Trinajstić information content (AvgIpc) is 2.86. The number of nitrogens with zero attached hydrogens (tertiary/aromatic N) is 3. The summed E-state index contributed by atoms with van der Waals surface area (Å²) in [7, 11) is 1.88. The number of thiazole rings is 1. The molecule has 0 aliphatic heterocycles. The van der Waals surface area contributed by atoms with Gasteiger partial charge in [0.05, 0.1) is 23.4 Å². The van der Waals surface area contributed by atoms with Gasteiger partial charge in [-0.3, -0.25) is 4.79 Å². The lowest BCUT2D eigenvalue weighted by atomic mass is 10.3. The average molecular weight is 303 g/mol. The van der Waals surface area contributed by atoms with E-state index in [1.165, 1.54) is 17.4 Å². The normalized spacial score (nSPS) is 11.4. The third-order valence-corrected chi connectivity index (χ3v) is 3.83. The topological polar surface area (TPSA) is 78.0 Å². The first-order valence-corrected chi connectivity index (χ1v) is 6.92. The monoisotopic (exact) mass is 303 g/mol. The molecule has 2 aromatic rings. The van der Waals surface area contributed by atoms with Crippen molar-refractivity contribution in [3.05, 3.63) is 40.3 Å². The highest BCUT2D eigenvalue weighted by Gasteiger charge is 2.10. The molecule has 0 radical (unpaired) electrons. The van der Waals surface area contributed by atoms with Crippen LogP contribution in [0.3, 0.4) is 0 Å². The summed E-state index contributed by atoms with van der Waals surface area (Å²) >= 11 is 1.32. The molecule has 0 aliphatic rings. The maximum absolute atomic E-state index is 10.8. The van der Waals surface area contributed by atoms with Gasteiger partial charge in [0.25, 0.3) is 5.70 Å². The van der Waals surface area contributed by atoms with Gasteiger partial charge in [-0.2, -0.15) is 0 Å². The second-order valence-corrected chi connectivity index (χ2v) is 5.36. The number of rotatable bonds is 5. The van der Waals surface area contributed by atoms with E-state index in [9.17, 15) is 4.79 Å². The summed E-state index contributed by atoms with van der Waals surface area (Å²) in [6.45, 7) is 7.43. The van der Waals surface area contributed by atoms with Crippen molar-refractivity contribution < 1.29 is 15.0 Å². The minimum absolute atomic E-state index is 0.0676. The van der Waals surface area contributed by atoms with Gasteiger partial charge in [0.15, 0.2) is 0 Å². The summed E-state index contributed by atoms with van der Waals surface area (Å²) < 4.78 is 0.901. The lowest BCUT2D eigenvalue weighted by Gasteiger charge is -2.17. The Labute approximate surface area is 125 Å². The number of hydrogen-bond donors (Lipinski definition) is 2. The zero-order valence-corrected chi connectivity index (χ0v) is 12.1. The number of anilines is 1. The van der Waals surface area contributed by atoms with Crippen molar-refractivity contribution in [1.29, 1.82) is 0 Å². The number of fused-ring (bicyclic) bond motifs is 1. The molecule has 6 nitrogen and oxygen atoms in total. The van der Waals surface area contributed by atoms with E-state index in [1.54, 1.807) is 0 Å². The van der Waals surface area contributed by atoms with Crippen LogP contribution in [-0.4, -0.2) is 41.4 Å². The first-order valence-electron chi connectivity index (χ1n) is 6.10. The smallest absolute Gasteiger partial charge is 0.333 e. The Hall–Kier alpha value is -2.43. The predicted octanol–water partition coefficient (Wildman–Crippen LogP) is 2.07. The first-order chi connectivity index (χ1) is 10.0. The van der Waals surface area contributed by atoms with Crippen LogP contribution in [0.5, 0.6) is 0 Å². The largest absolute Gasteiger partial charge is 0.486 e. The van der Waals surface area contributed by atoms with Crippen LogP contribution in [-0.2, 0) is 4.79 Å². The van der Waals surface area contributed by atoms with E-state index in [2.05, 4.69) is 9.83 Å². The third kappa shape index (κ3) is 3.37. The van der Waals surface area contributed by atoms with Crippen LogP contribution in [0.2, 0.25) is 0 Å². The highest BCUT2D eigenvalue weighted by atomic mass is 32.1. The van der Waals surface area contributed by atoms with Crippen molar-refractivity contribution in [2.75, 3.05) is 25.1 Å². The van der Waals surface area contributed by atoms with Gasteiger partial charge in [-0.05, 0) is 24.3 Å². The molecular formula is C14H13N3O3S. The lowest BCUT2D eigenvalue weighted by Crippen LogP contribution is -2.20. The molecule has 0 atom stereocenters. The van der Waals surface area contributed by atoms with E-state index < -0.39 is 5.97 Å². The molecule has 1 heterocycles. The summed E-state index contributed by atoms with van der Waals surface area (Å²) in [6, 6.07) is 5.65. The number of hydrogen-bond acceptors (Lipinski definition) is 5. The summed E-state index contributed by atoms with van der Waals surface area (Å²) in [5, 5.41) is 18.3. The minimum atomic E-state index is -1.26. The summed E-state index contributed by atoms with van der Waals surface area (Å²) in [6.07, 6.45) is 1.27. The number of carbonyl (C=O) groups is 1. The van der Waals surface area contributed by atoms with Crippen LogP contribution in [0, 0.1) is 6.57 Å². The Kier molecular flexibility index (Phi) is 4.52. The molecule has 0 unspecified atom stereocenters. The van der Waals surface area contributed by atoms with E-state index in [1.807, 2.05) is 30.1 Å². The maximum atomic E-state index is 10.8. The number of benzene rings is 1. The van der Waals surface area contributed by atoms with Crippen LogP contribution in [0.15, 0.2) is 23.9 Å². The van der Waals surface area contributed by atoms with E-state index in [0.29, 0.717) is 11.6 Å². The van der Waals surface area contributed by atoms with Gasteiger partial charge in [0.1, 0.15) is 5.01 Å². The molecule has 0 fully saturated rings. The fourth-order valence-corrected chi connectivity index (χ4v) is 2.71. The molecule has 0 spiro atoms. The fraction of sp³-hybridized carbons (Fsp3) is 0.214. The number of aliphatic hydroxyl groups excluding tert-OH is 1. The fourth-order valence-electron chi connectivity index (χ4n) is 1.77. The Morgan fingerprint density at radius 1 is 1.57 bits per heavy atom. The van der Waals surface area contributed by atoms with Crippen molar-refractivity contribution in [2.24, 2.45) is 0 Å². The van der Waals surface area contributed by atoms with Crippen molar-refractivity contribution in [3.8, 4) is 0 Å². The zero-order valence-electron chi connectivity index (χ0n) is 11.3. The Balaban J connectivity index is 2.39. The van der Waals surface area contributed by atoms with Gasteiger partial charge >= 0.3 is 5.97 Å². The number of aliphatic hydroxyl groups is 1. The van der Waals surface area contributed by atoms with Crippen LogP contribution in [0.25, 0.3) is 21.1 Å². The molecule has 0 saturated carbocycles. The molecule has 1 aromatic carbocycles. The first kappa shape index (κ1) is 15.0. The van der Waals surface area contributed by atoms with Crippen molar-refractivity contribution in [1.82, 2.24) is 4.98 Å². The number of carboxylic acid groups (broad SMARTS) is 1. The maximum Gasteiger partial charge on any atom is 0.333 e. The SMILES string of the molecule is [C-]#[N+]/C(=C\c1nc2ccc(N(C)CCO)cc2s1)C(=O)O. The molecule has 0 amide bonds. The van der Waals surface area contributed by atoms with E-state index >= 15 is 0 Å². The summed E-state index contributed by atoms with van der Waals surface area (Å²) in [5.74, 6) is -1.26. The molecular weight excluding hydrogens is 290 g/mol. The predicted molar refractivity (Wildman–Crippen MR) is 82.2 cm³/mol. The molecule has 21 heavy (non-hydrogen) atoms. The number of likely N-dealkylation sites (N-methyl/N-ethyl adjacent to an activating group) is 1. The van der Waals surface area contributed by atoms with Gasteiger partial charge in [-0.15, -0.1) is 11.3 Å². The lowest BCUT2D eigenvalue weighted by molar-refractivity contribution is -0.132.